The number of nitrogens with one attached hydrogen (secondary N) is 2. The maximum absolute atomic E-state index is 13.1. The van der Waals surface area contributed by atoms with Gasteiger partial charge in [-0.15, -0.1) is 0 Å². The fourth-order valence-electron chi connectivity index (χ4n) is 2.97. The second-order valence-corrected chi connectivity index (χ2v) is 7.04. The maximum Gasteiger partial charge on any atom is 0.326 e. The van der Waals surface area contributed by atoms with E-state index >= 15 is 0 Å². The molecule has 1 aromatic rings. The predicted molar refractivity (Wildman–Crippen MR) is 105 cm³/mol. The molecule has 0 aliphatic heterocycles. The van der Waals surface area contributed by atoms with Crippen molar-refractivity contribution in [2.75, 3.05) is 0 Å². The van der Waals surface area contributed by atoms with Gasteiger partial charge in [0.05, 0.1) is 0 Å². The molecule has 0 radical (unpaired) electrons. The van der Waals surface area contributed by atoms with Crippen LogP contribution < -0.4 is 10.6 Å². The first kappa shape index (κ1) is 23.6. The van der Waals surface area contributed by atoms with Gasteiger partial charge in [-0.05, 0) is 24.1 Å². The highest BCUT2D eigenvalue weighted by Crippen LogP contribution is 2.10. The number of hydrogen-bond acceptors (Lipinski definition) is 3. The first-order valence-corrected chi connectivity index (χ1v) is 9.88. The Morgan fingerprint density at radius 1 is 0.964 bits per heavy atom. The van der Waals surface area contributed by atoms with Crippen LogP contribution in [-0.2, 0) is 20.8 Å². The van der Waals surface area contributed by atoms with Crippen molar-refractivity contribution < 1.29 is 23.9 Å². The lowest BCUT2D eigenvalue weighted by Crippen LogP contribution is -2.52. The molecule has 1 aromatic carbocycles. The van der Waals surface area contributed by atoms with E-state index in [1.807, 2.05) is 0 Å². The number of rotatable bonds is 13. The van der Waals surface area contributed by atoms with Gasteiger partial charge in [-0.2, -0.15) is 0 Å². The van der Waals surface area contributed by atoms with Gasteiger partial charge < -0.3 is 15.7 Å². The largest absolute Gasteiger partial charge is 0.480 e. The minimum Gasteiger partial charge on any atom is -0.480 e. The number of hydrogen-bond donors (Lipinski definition) is 3. The van der Waals surface area contributed by atoms with Crippen LogP contribution in [-0.4, -0.2) is 35.0 Å². The smallest absolute Gasteiger partial charge is 0.326 e. The van der Waals surface area contributed by atoms with Crippen molar-refractivity contribution in [1.82, 2.24) is 10.6 Å². The van der Waals surface area contributed by atoms with E-state index in [1.165, 1.54) is 37.6 Å². The minimum absolute atomic E-state index is 0.148. The number of benzene rings is 1. The zero-order valence-electron chi connectivity index (χ0n) is 16.7. The number of aliphatic carboxylic acids is 1. The first-order valence-electron chi connectivity index (χ1n) is 9.88. The Balaban J connectivity index is 2.64. The van der Waals surface area contributed by atoms with Crippen molar-refractivity contribution in [1.29, 1.82) is 0 Å². The fraction of sp³-hybridized carbons (Fsp3) is 0.571. The highest BCUT2D eigenvalue weighted by atomic mass is 19.1. The van der Waals surface area contributed by atoms with E-state index in [2.05, 4.69) is 17.6 Å². The van der Waals surface area contributed by atoms with Gasteiger partial charge in [-0.3, -0.25) is 9.59 Å². The molecule has 0 saturated carbocycles. The molecular formula is C21H31FN2O4. The number of carboxylic acid groups (broad SMARTS) is 1. The lowest BCUT2D eigenvalue weighted by atomic mass is 10.0. The van der Waals surface area contributed by atoms with Gasteiger partial charge in [0.2, 0.25) is 11.8 Å². The molecule has 0 aliphatic rings. The molecule has 0 aliphatic carbocycles. The molecule has 0 heterocycles. The third-order valence-corrected chi connectivity index (χ3v) is 4.51. The SMILES string of the molecule is CCCCCCCC[C@@H](NC(=O)[C@H](Cc1ccc(F)cc1)NC(C)=O)C(=O)O. The Bertz CT molecular complexity index is 634. The Kier molecular flexibility index (Phi) is 10.8. The summed E-state index contributed by atoms with van der Waals surface area (Å²) in [6.45, 7) is 3.42. The Morgan fingerprint density at radius 3 is 2.14 bits per heavy atom. The number of amides is 2. The average Bonchev–Trinajstić information content (AvgIpc) is 2.64. The highest BCUT2D eigenvalue weighted by Gasteiger charge is 2.25. The quantitative estimate of drug-likeness (QED) is 0.448. The number of carbonyl (C=O) groups excluding carboxylic acids is 2. The molecule has 7 heteroatoms. The zero-order chi connectivity index (χ0) is 20.9. The average molecular weight is 394 g/mol. The summed E-state index contributed by atoms with van der Waals surface area (Å²) in [6.07, 6.45) is 6.61. The molecule has 6 nitrogen and oxygen atoms in total. The van der Waals surface area contributed by atoms with Crippen LogP contribution in [0.2, 0.25) is 0 Å². The standard InChI is InChI=1S/C21H31FN2O4/c1-3-4-5-6-7-8-9-18(21(27)28)24-20(26)19(23-15(2)25)14-16-10-12-17(22)13-11-16/h10-13,18-19H,3-9,14H2,1-2H3,(H,23,25)(H,24,26)(H,27,28)/t18-,19+/m1/s1. The normalized spacial score (nSPS) is 12.8. The first-order chi connectivity index (χ1) is 13.3. The molecule has 3 N–H and O–H groups in total. The van der Waals surface area contributed by atoms with E-state index in [1.54, 1.807) is 0 Å². The Labute approximate surface area is 165 Å². The van der Waals surface area contributed by atoms with Gasteiger partial charge in [-0.25, -0.2) is 9.18 Å². The number of carboxylic acids is 1. The van der Waals surface area contributed by atoms with Gasteiger partial charge in [0.25, 0.3) is 0 Å². The van der Waals surface area contributed by atoms with E-state index in [0.29, 0.717) is 18.4 Å². The van der Waals surface area contributed by atoms with Crippen molar-refractivity contribution in [2.24, 2.45) is 0 Å². The summed E-state index contributed by atoms with van der Waals surface area (Å²) < 4.78 is 13.1. The molecule has 0 fully saturated rings. The molecule has 156 valence electrons. The minimum atomic E-state index is -1.09. The third-order valence-electron chi connectivity index (χ3n) is 4.51. The van der Waals surface area contributed by atoms with Crippen LogP contribution in [0.5, 0.6) is 0 Å². The van der Waals surface area contributed by atoms with Gasteiger partial charge >= 0.3 is 5.97 Å². The summed E-state index contributed by atoms with van der Waals surface area (Å²) in [5, 5.41) is 14.5. The van der Waals surface area contributed by atoms with Crippen molar-refractivity contribution in [2.45, 2.75) is 77.3 Å². The van der Waals surface area contributed by atoms with E-state index < -0.39 is 35.7 Å². The van der Waals surface area contributed by atoms with Crippen molar-refractivity contribution in [3.05, 3.63) is 35.6 Å². The third kappa shape index (κ3) is 9.48. The molecular weight excluding hydrogens is 363 g/mol. The van der Waals surface area contributed by atoms with Crippen LogP contribution >= 0.6 is 0 Å². The van der Waals surface area contributed by atoms with Crippen LogP contribution in [0.3, 0.4) is 0 Å². The number of unbranched alkanes of at least 4 members (excludes halogenated alkanes) is 5. The Hall–Kier alpha value is -2.44. The molecule has 0 bridgehead atoms. The van der Waals surface area contributed by atoms with Crippen molar-refractivity contribution in [3.8, 4) is 0 Å². The van der Waals surface area contributed by atoms with E-state index in [9.17, 15) is 23.9 Å². The van der Waals surface area contributed by atoms with Gasteiger partial charge in [0.1, 0.15) is 17.9 Å². The summed E-state index contributed by atoms with van der Waals surface area (Å²) in [7, 11) is 0. The summed E-state index contributed by atoms with van der Waals surface area (Å²) in [5.74, 6) is -2.44. The van der Waals surface area contributed by atoms with Crippen LogP contribution in [0.1, 0.15) is 64.4 Å². The van der Waals surface area contributed by atoms with E-state index in [-0.39, 0.29) is 6.42 Å². The molecule has 0 spiro atoms. The summed E-state index contributed by atoms with van der Waals surface area (Å²) >= 11 is 0. The number of halogens is 1. The second kappa shape index (κ2) is 12.9. The molecule has 2 atom stereocenters. The summed E-state index contributed by atoms with van der Waals surface area (Å²) in [6, 6.07) is 3.69. The summed E-state index contributed by atoms with van der Waals surface area (Å²) in [5.41, 5.74) is 0.665. The highest BCUT2D eigenvalue weighted by molar-refractivity contribution is 5.90. The van der Waals surface area contributed by atoms with E-state index in [0.717, 1.165) is 25.7 Å². The monoisotopic (exact) mass is 394 g/mol. The molecule has 0 aromatic heterocycles. The Morgan fingerprint density at radius 2 is 1.57 bits per heavy atom. The van der Waals surface area contributed by atoms with Crippen molar-refractivity contribution >= 4 is 17.8 Å². The van der Waals surface area contributed by atoms with Crippen molar-refractivity contribution in [3.63, 3.8) is 0 Å². The van der Waals surface area contributed by atoms with Crippen LogP contribution in [0, 0.1) is 5.82 Å². The maximum atomic E-state index is 13.1. The predicted octanol–water partition coefficient (Wildman–Crippen LogP) is 3.19. The van der Waals surface area contributed by atoms with Crippen LogP contribution in [0.25, 0.3) is 0 Å². The van der Waals surface area contributed by atoms with E-state index in [4.69, 9.17) is 0 Å². The lowest BCUT2D eigenvalue weighted by Gasteiger charge is -2.21. The van der Waals surface area contributed by atoms with Crippen LogP contribution in [0.15, 0.2) is 24.3 Å². The fourth-order valence-corrected chi connectivity index (χ4v) is 2.97. The topological polar surface area (TPSA) is 95.5 Å². The molecule has 0 unspecified atom stereocenters. The summed E-state index contributed by atoms with van der Waals surface area (Å²) in [4.78, 5) is 35.5. The second-order valence-electron chi connectivity index (χ2n) is 7.04. The lowest BCUT2D eigenvalue weighted by molar-refractivity contribution is -0.142. The van der Waals surface area contributed by atoms with Gasteiger partial charge in [0.15, 0.2) is 0 Å². The van der Waals surface area contributed by atoms with Gasteiger partial charge in [0, 0.05) is 13.3 Å². The van der Waals surface area contributed by atoms with Gasteiger partial charge in [-0.1, -0.05) is 57.6 Å². The molecule has 0 saturated heterocycles. The number of carbonyl (C=O) groups is 3. The molecule has 2 amide bonds. The molecule has 1 rings (SSSR count). The molecule has 28 heavy (non-hydrogen) atoms. The zero-order valence-corrected chi connectivity index (χ0v) is 16.7. The van der Waals surface area contributed by atoms with Crippen LogP contribution in [0.4, 0.5) is 4.39 Å².